The van der Waals surface area contributed by atoms with E-state index in [0.717, 1.165) is 11.1 Å². The number of rotatable bonds is 7. The molecule has 0 spiro atoms. The van der Waals surface area contributed by atoms with Crippen LogP contribution >= 0.6 is 0 Å². The van der Waals surface area contributed by atoms with E-state index in [1.807, 2.05) is 60.5 Å². The molecule has 0 aliphatic carbocycles. The van der Waals surface area contributed by atoms with Crippen LogP contribution in [0.5, 0.6) is 11.5 Å². The first-order chi connectivity index (χ1) is 11.1. The Balaban J connectivity index is 2.30. The van der Waals surface area contributed by atoms with Crippen molar-refractivity contribution in [2.24, 2.45) is 5.73 Å². The molecule has 5 heteroatoms. The summed E-state index contributed by atoms with van der Waals surface area (Å²) >= 11 is 0. The van der Waals surface area contributed by atoms with Crippen LogP contribution in [-0.4, -0.2) is 32.1 Å². The van der Waals surface area contributed by atoms with E-state index in [9.17, 15) is 4.79 Å². The van der Waals surface area contributed by atoms with Crippen LogP contribution in [0.3, 0.4) is 0 Å². The molecule has 2 N–H and O–H groups in total. The average Bonchev–Trinajstić information content (AvgIpc) is 2.55. The molecule has 0 bridgehead atoms. The molecule has 0 aromatic heterocycles. The standard InChI is InChI=1S/C18H22N2O3/c1-20(16(18(19)21)13-8-5-4-6-9-13)12-14-10-7-11-15(22-2)17(14)23-3/h4-11,16H,12H2,1-3H3,(H2,19,21). The van der Waals surface area contributed by atoms with Crippen LogP contribution in [-0.2, 0) is 11.3 Å². The van der Waals surface area contributed by atoms with Crippen LogP contribution in [0.2, 0.25) is 0 Å². The second-order valence-corrected chi connectivity index (χ2v) is 5.28. The van der Waals surface area contributed by atoms with E-state index in [0.29, 0.717) is 18.0 Å². The Bertz CT molecular complexity index is 659. The minimum atomic E-state index is -0.507. The van der Waals surface area contributed by atoms with Crippen LogP contribution < -0.4 is 15.2 Å². The fourth-order valence-corrected chi connectivity index (χ4v) is 2.71. The Kier molecular flexibility index (Phi) is 5.60. The zero-order chi connectivity index (χ0) is 16.8. The van der Waals surface area contributed by atoms with E-state index in [2.05, 4.69) is 0 Å². The molecule has 122 valence electrons. The average molecular weight is 314 g/mol. The molecule has 2 aromatic rings. The van der Waals surface area contributed by atoms with Gasteiger partial charge in [-0.25, -0.2) is 0 Å². The third kappa shape index (κ3) is 3.81. The van der Waals surface area contributed by atoms with Crippen molar-refractivity contribution in [2.45, 2.75) is 12.6 Å². The van der Waals surface area contributed by atoms with Crippen molar-refractivity contribution < 1.29 is 14.3 Å². The van der Waals surface area contributed by atoms with Crippen LogP contribution in [0.4, 0.5) is 0 Å². The van der Waals surface area contributed by atoms with Crippen LogP contribution in [0.25, 0.3) is 0 Å². The van der Waals surface area contributed by atoms with Gasteiger partial charge in [0.15, 0.2) is 11.5 Å². The van der Waals surface area contributed by atoms with E-state index in [-0.39, 0.29) is 5.91 Å². The summed E-state index contributed by atoms with van der Waals surface area (Å²) in [6, 6.07) is 14.7. The SMILES string of the molecule is COc1cccc(CN(C)C(C(N)=O)c2ccccc2)c1OC. The molecule has 2 aromatic carbocycles. The molecule has 0 aliphatic heterocycles. The number of ether oxygens (including phenoxy) is 2. The summed E-state index contributed by atoms with van der Waals surface area (Å²) in [6.45, 7) is 0.503. The van der Waals surface area contributed by atoms with Crippen molar-refractivity contribution in [3.63, 3.8) is 0 Å². The van der Waals surface area contributed by atoms with E-state index in [4.69, 9.17) is 15.2 Å². The summed E-state index contributed by atoms with van der Waals surface area (Å²) in [5.74, 6) is 0.937. The number of hydrogen-bond donors (Lipinski definition) is 1. The highest BCUT2D eigenvalue weighted by Crippen LogP contribution is 2.32. The monoisotopic (exact) mass is 314 g/mol. The lowest BCUT2D eigenvalue weighted by atomic mass is 10.0. The highest BCUT2D eigenvalue weighted by atomic mass is 16.5. The molecule has 23 heavy (non-hydrogen) atoms. The highest BCUT2D eigenvalue weighted by molar-refractivity contribution is 5.81. The second-order valence-electron chi connectivity index (χ2n) is 5.28. The summed E-state index contributed by atoms with van der Waals surface area (Å²) in [4.78, 5) is 13.8. The largest absolute Gasteiger partial charge is 0.493 e. The van der Waals surface area contributed by atoms with Crippen molar-refractivity contribution in [1.29, 1.82) is 0 Å². The Labute approximate surface area is 136 Å². The van der Waals surface area contributed by atoms with Crippen LogP contribution in [0, 0.1) is 0 Å². The van der Waals surface area contributed by atoms with Crippen LogP contribution in [0.15, 0.2) is 48.5 Å². The van der Waals surface area contributed by atoms with E-state index < -0.39 is 6.04 Å². The summed E-state index contributed by atoms with van der Waals surface area (Å²) in [5, 5.41) is 0. The number of amides is 1. The normalized spacial score (nSPS) is 12.0. The van der Waals surface area contributed by atoms with Gasteiger partial charge in [-0.05, 0) is 18.7 Å². The van der Waals surface area contributed by atoms with Gasteiger partial charge in [-0.1, -0.05) is 42.5 Å². The number of para-hydroxylation sites is 1. The predicted molar refractivity (Wildman–Crippen MR) is 89.4 cm³/mol. The van der Waals surface area contributed by atoms with E-state index in [1.165, 1.54) is 0 Å². The lowest BCUT2D eigenvalue weighted by molar-refractivity contribution is -0.123. The molecular formula is C18H22N2O3. The first-order valence-corrected chi connectivity index (χ1v) is 7.32. The molecule has 1 atom stereocenters. The second kappa shape index (κ2) is 7.65. The summed E-state index contributed by atoms with van der Waals surface area (Å²) in [5.41, 5.74) is 7.41. The fraction of sp³-hybridized carbons (Fsp3) is 0.278. The lowest BCUT2D eigenvalue weighted by Crippen LogP contribution is -2.35. The van der Waals surface area contributed by atoms with E-state index >= 15 is 0 Å². The van der Waals surface area contributed by atoms with Gasteiger partial charge in [0.25, 0.3) is 0 Å². The van der Waals surface area contributed by atoms with Crippen molar-refractivity contribution in [1.82, 2.24) is 4.90 Å². The molecule has 0 heterocycles. The van der Waals surface area contributed by atoms with Gasteiger partial charge >= 0.3 is 0 Å². The van der Waals surface area contributed by atoms with Crippen molar-refractivity contribution in [3.8, 4) is 11.5 Å². The zero-order valence-electron chi connectivity index (χ0n) is 13.7. The smallest absolute Gasteiger partial charge is 0.239 e. The van der Waals surface area contributed by atoms with Gasteiger partial charge in [0.1, 0.15) is 6.04 Å². The Morgan fingerprint density at radius 2 is 1.78 bits per heavy atom. The van der Waals surface area contributed by atoms with Gasteiger partial charge in [0.2, 0.25) is 5.91 Å². The van der Waals surface area contributed by atoms with Gasteiger partial charge in [-0.2, -0.15) is 0 Å². The third-order valence-electron chi connectivity index (χ3n) is 3.73. The molecule has 1 unspecified atom stereocenters. The number of nitrogens with two attached hydrogens (primary N) is 1. The molecule has 0 saturated carbocycles. The lowest BCUT2D eigenvalue weighted by Gasteiger charge is -2.26. The first-order valence-electron chi connectivity index (χ1n) is 7.32. The number of hydrogen-bond acceptors (Lipinski definition) is 4. The molecule has 0 fully saturated rings. The van der Waals surface area contributed by atoms with Gasteiger partial charge in [0.05, 0.1) is 14.2 Å². The number of carbonyl (C=O) groups is 1. The fourth-order valence-electron chi connectivity index (χ4n) is 2.71. The van der Waals surface area contributed by atoms with Gasteiger partial charge < -0.3 is 15.2 Å². The minimum Gasteiger partial charge on any atom is -0.493 e. The zero-order valence-corrected chi connectivity index (χ0v) is 13.7. The Morgan fingerprint density at radius 1 is 1.09 bits per heavy atom. The van der Waals surface area contributed by atoms with Gasteiger partial charge in [0, 0.05) is 12.1 Å². The van der Waals surface area contributed by atoms with E-state index in [1.54, 1.807) is 14.2 Å². The maximum Gasteiger partial charge on any atom is 0.239 e. The number of nitrogens with zero attached hydrogens (tertiary/aromatic N) is 1. The first kappa shape index (κ1) is 16.8. The van der Waals surface area contributed by atoms with Crippen molar-refractivity contribution >= 4 is 5.91 Å². The summed E-state index contributed by atoms with van der Waals surface area (Å²) in [6.07, 6.45) is 0. The Hall–Kier alpha value is -2.53. The summed E-state index contributed by atoms with van der Waals surface area (Å²) < 4.78 is 10.8. The van der Waals surface area contributed by atoms with Gasteiger partial charge in [-0.15, -0.1) is 0 Å². The predicted octanol–water partition coefficient (Wildman–Crippen LogP) is 2.36. The van der Waals surface area contributed by atoms with Crippen molar-refractivity contribution in [3.05, 3.63) is 59.7 Å². The van der Waals surface area contributed by atoms with Crippen LogP contribution in [0.1, 0.15) is 17.2 Å². The third-order valence-corrected chi connectivity index (χ3v) is 3.73. The molecule has 0 radical (unpaired) electrons. The topological polar surface area (TPSA) is 64.8 Å². The molecule has 0 saturated heterocycles. The molecular weight excluding hydrogens is 292 g/mol. The molecule has 1 amide bonds. The molecule has 0 aliphatic rings. The van der Waals surface area contributed by atoms with Gasteiger partial charge in [-0.3, -0.25) is 9.69 Å². The quantitative estimate of drug-likeness (QED) is 0.852. The maximum atomic E-state index is 11.9. The highest BCUT2D eigenvalue weighted by Gasteiger charge is 2.24. The molecule has 5 nitrogen and oxygen atoms in total. The summed E-state index contributed by atoms with van der Waals surface area (Å²) in [7, 11) is 5.06. The van der Waals surface area contributed by atoms with Crippen molar-refractivity contribution in [2.75, 3.05) is 21.3 Å². The number of carbonyl (C=O) groups excluding carboxylic acids is 1. The Morgan fingerprint density at radius 3 is 2.35 bits per heavy atom. The number of methoxy groups -OCH3 is 2. The molecule has 2 rings (SSSR count). The minimum absolute atomic E-state index is 0.388. The number of benzene rings is 2. The number of primary amides is 1. The number of likely N-dealkylation sites (N-methyl/N-ethyl adjacent to an activating group) is 1. The maximum absolute atomic E-state index is 11.9.